The number of aryl methyl sites for hydroxylation is 2. The number of hydrogen-bond acceptors (Lipinski definition) is 3. The van der Waals surface area contributed by atoms with Gasteiger partial charge in [-0.3, -0.25) is 4.79 Å². The Bertz CT molecular complexity index is 591. The lowest BCUT2D eigenvalue weighted by atomic mass is 10.2. The molecule has 2 rings (SSSR count). The van der Waals surface area contributed by atoms with Gasteiger partial charge in [0.1, 0.15) is 5.82 Å². The molecule has 1 aromatic heterocycles. The van der Waals surface area contributed by atoms with Crippen molar-refractivity contribution in [2.24, 2.45) is 5.73 Å². The molecular formula is C16H22N4O. The third-order valence-corrected chi connectivity index (χ3v) is 3.30. The molecular weight excluding hydrogens is 264 g/mol. The molecule has 21 heavy (non-hydrogen) atoms. The van der Waals surface area contributed by atoms with Crippen molar-refractivity contribution in [3.63, 3.8) is 0 Å². The predicted molar refractivity (Wildman–Crippen MR) is 83.8 cm³/mol. The molecule has 0 saturated heterocycles. The molecule has 0 saturated carbocycles. The minimum atomic E-state index is 0.000296. The van der Waals surface area contributed by atoms with Crippen LogP contribution in [0.3, 0.4) is 0 Å². The van der Waals surface area contributed by atoms with E-state index in [1.54, 1.807) is 6.20 Å². The minimum absolute atomic E-state index is 0.000296. The van der Waals surface area contributed by atoms with Crippen LogP contribution in [-0.4, -0.2) is 15.5 Å². The summed E-state index contributed by atoms with van der Waals surface area (Å²) < 4.78 is 2.04. The van der Waals surface area contributed by atoms with E-state index in [0.717, 1.165) is 29.9 Å². The van der Waals surface area contributed by atoms with Crippen LogP contribution in [0.1, 0.15) is 31.2 Å². The smallest absolute Gasteiger partial charge is 0.226 e. The van der Waals surface area contributed by atoms with Crippen molar-refractivity contribution in [2.45, 2.75) is 39.3 Å². The first-order valence-corrected chi connectivity index (χ1v) is 7.31. The molecule has 5 heteroatoms. The largest absolute Gasteiger partial charge is 0.334 e. The number of rotatable bonds is 7. The third kappa shape index (κ3) is 4.43. The molecule has 0 fully saturated rings. The Balaban J connectivity index is 1.88. The second kappa shape index (κ2) is 7.59. The van der Waals surface area contributed by atoms with Gasteiger partial charge in [0.2, 0.25) is 5.91 Å². The fourth-order valence-electron chi connectivity index (χ4n) is 2.22. The van der Waals surface area contributed by atoms with Gasteiger partial charge in [-0.05, 0) is 24.1 Å². The van der Waals surface area contributed by atoms with Gasteiger partial charge in [0.15, 0.2) is 0 Å². The van der Waals surface area contributed by atoms with Crippen LogP contribution in [0.25, 0.3) is 0 Å². The molecule has 0 unspecified atom stereocenters. The van der Waals surface area contributed by atoms with Crippen molar-refractivity contribution in [3.05, 3.63) is 48.0 Å². The molecule has 0 aliphatic rings. The molecule has 5 nitrogen and oxygen atoms in total. The average Bonchev–Trinajstić information content (AvgIpc) is 2.93. The first kappa shape index (κ1) is 15.3. The molecule has 2 aromatic rings. The van der Waals surface area contributed by atoms with E-state index in [1.165, 1.54) is 0 Å². The zero-order valence-electron chi connectivity index (χ0n) is 12.4. The third-order valence-electron chi connectivity index (χ3n) is 3.30. The predicted octanol–water partition coefficient (Wildman–Crippen LogP) is 2.32. The highest BCUT2D eigenvalue weighted by molar-refractivity contribution is 5.90. The number of nitrogens with one attached hydrogen (secondary N) is 1. The van der Waals surface area contributed by atoms with Crippen molar-refractivity contribution in [1.29, 1.82) is 0 Å². The maximum absolute atomic E-state index is 12.0. The number of imidazole rings is 1. The van der Waals surface area contributed by atoms with Crippen LogP contribution in [0.5, 0.6) is 0 Å². The molecule has 0 aliphatic carbocycles. The average molecular weight is 286 g/mol. The van der Waals surface area contributed by atoms with Gasteiger partial charge in [-0.25, -0.2) is 4.98 Å². The summed E-state index contributed by atoms with van der Waals surface area (Å²) in [6.45, 7) is 3.24. The van der Waals surface area contributed by atoms with E-state index >= 15 is 0 Å². The van der Waals surface area contributed by atoms with Crippen molar-refractivity contribution < 1.29 is 4.79 Å². The van der Waals surface area contributed by atoms with Crippen molar-refractivity contribution >= 4 is 11.6 Å². The molecule has 0 radical (unpaired) electrons. The van der Waals surface area contributed by atoms with Gasteiger partial charge in [0, 0.05) is 44.0 Å². The molecule has 0 atom stereocenters. The van der Waals surface area contributed by atoms with E-state index < -0.39 is 0 Å². The lowest BCUT2D eigenvalue weighted by Gasteiger charge is -2.09. The number of nitrogens with two attached hydrogens (primary N) is 1. The SMILES string of the molecule is CCCc1nccn1CCC(=O)Nc1cccc(CN)c1. The number of aromatic nitrogens is 2. The first-order valence-electron chi connectivity index (χ1n) is 7.31. The van der Waals surface area contributed by atoms with Crippen LogP contribution < -0.4 is 11.1 Å². The van der Waals surface area contributed by atoms with Crippen LogP contribution in [0.4, 0.5) is 5.69 Å². The zero-order valence-corrected chi connectivity index (χ0v) is 12.4. The number of anilines is 1. The molecule has 1 aromatic carbocycles. The molecule has 0 spiro atoms. The van der Waals surface area contributed by atoms with E-state index in [9.17, 15) is 4.79 Å². The Hall–Kier alpha value is -2.14. The monoisotopic (exact) mass is 286 g/mol. The summed E-state index contributed by atoms with van der Waals surface area (Å²) in [6, 6.07) is 7.61. The van der Waals surface area contributed by atoms with Crippen molar-refractivity contribution in [3.8, 4) is 0 Å². The standard InChI is InChI=1S/C16H22N4O/c1-2-4-15-18-8-10-20(15)9-7-16(21)19-14-6-3-5-13(11-14)12-17/h3,5-6,8,10-11H,2,4,7,9,12,17H2,1H3,(H,19,21). The summed E-state index contributed by atoms with van der Waals surface area (Å²) in [6.07, 6.45) is 6.13. The number of amides is 1. The molecule has 3 N–H and O–H groups in total. The fraction of sp³-hybridized carbons (Fsp3) is 0.375. The van der Waals surface area contributed by atoms with E-state index in [4.69, 9.17) is 5.73 Å². The summed E-state index contributed by atoms with van der Waals surface area (Å²) in [5.41, 5.74) is 7.40. The van der Waals surface area contributed by atoms with E-state index in [2.05, 4.69) is 17.2 Å². The van der Waals surface area contributed by atoms with Crippen LogP contribution in [0.15, 0.2) is 36.7 Å². The number of hydrogen-bond donors (Lipinski definition) is 2. The summed E-state index contributed by atoms with van der Waals surface area (Å²) in [7, 11) is 0. The topological polar surface area (TPSA) is 72.9 Å². The number of carbonyl (C=O) groups is 1. The molecule has 112 valence electrons. The van der Waals surface area contributed by atoms with Crippen LogP contribution >= 0.6 is 0 Å². The Morgan fingerprint density at radius 3 is 3.05 bits per heavy atom. The van der Waals surface area contributed by atoms with Crippen LogP contribution in [-0.2, 0) is 24.3 Å². The Morgan fingerprint density at radius 1 is 1.43 bits per heavy atom. The quantitative estimate of drug-likeness (QED) is 0.820. The van der Waals surface area contributed by atoms with E-state index in [1.807, 2.05) is 35.0 Å². The Kier molecular flexibility index (Phi) is 5.51. The number of carbonyl (C=O) groups excluding carboxylic acids is 1. The molecule has 1 heterocycles. The number of benzene rings is 1. The highest BCUT2D eigenvalue weighted by Gasteiger charge is 2.06. The minimum Gasteiger partial charge on any atom is -0.334 e. The van der Waals surface area contributed by atoms with E-state index in [0.29, 0.717) is 19.5 Å². The maximum Gasteiger partial charge on any atom is 0.226 e. The molecule has 0 aliphatic heterocycles. The zero-order chi connectivity index (χ0) is 15.1. The highest BCUT2D eigenvalue weighted by Crippen LogP contribution is 2.11. The van der Waals surface area contributed by atoms with Crippen molar-refractivity contribution in [2.75, 3.05) is 5.32 Å². The van der Waals surface area contributed by atoms with Gasteiger partial charge in [-0.15, -0.1) is 0 Å². The highest BCUT2D eigenvalue weighted by atomic mass is 16.1. The Morgan fingerprint density at radius 2 is 2.29 bits per heavy atom. The molecule has 1 amide bonds. The summed E-state index contributed by atoms with van der Waals surface area (Å²) >= 11 is 0. The second-order valence-electron chi connectivity index (χ2n) is 4.99. The molecule has 0 bridgehead atoms. The summed E-state index contributed by atoms with van der Waals surface area (Å²) in [4.78, 5) is 16.3. The van der Waals surface area contributed by atoms with Gasteiger partial charge < -0.3 is 15.6 Å². The normalized spacial score (nSPS) is 10.6. The fourth-order valence-corrected chi connectivity index (χ4v) is 2.22. The lowest BCUT2D eigenvalue weighted by Crippen LogP contribution is -2.15. The number of nitrogens with zero attached hydrogens (tertiary/aromatic N) is 2. The van der Waals surface area contributed by atoms with Crippen LogP contribution in [0, 0.1) is 0 Å². The lowest BCUT2D eigenvalue weighted by molar-refractivity contribution is -0.116. The van der Waals surface area contributed by atoms with Gasteiger partial charge >= 0.3 is 0 Å². The first-order chi connectivity index (χ1) is 10.2. The van der Waals surface area contributed by atoms with Gasteiger partial charge in [0.05, 0.1) is 0 Å². The van der Waals surface area contributed by atoms with Gasteiger partial charge in [-0.1, -0.05) is 19.1 Å². The van der Waals surface area contributed by atoms with E-state index in [-0.39, 0.29) is 5.91 Å². The van der Waals surface area contributed by atoms with Gasteiger partial charge in [0.25, 0.3) is 0 Å². The van der Waals surface area contributed by atoms with Crippen LogP contribution in [0.2, 0.25) is 0 Å². The van der Waals surface area contributed by atoms with Gasteiger partial charge in [-0.2, -0.15) is 0 Å². The summed E-state index contributed by atoms with van der Waals surface area (Å²) in [5.74, 6) is 1.04. The second-order valence-corrected chi connectivity index (χ2v) is 4.99. The summed E-state index contributed by atoms with van der Waals surface area (Å²) in [5, 5.41) is 2.90. The van der Waals surface area contributed by atoms with Crippen molar-refractivity contribution in [1.82, 2.24) is 9.55 Å². The maximum atomic E-state index is 12.0. The Labute approximate surface area is 125 Å².